The van der Waals surface area contributed by atoms with Crippen LogP contribution in [0.4, 0.5) is 36.6 Å². The van der Waals surface area contributed by atoms with Crippen molar-refractivity contribution in [3.05, 3.63) is 72.3 Å². The van der Waals surface area contributed by atoms with Crippen molar-refractivity contribution in [3.8, 4) is 17.3 Å². The minimum Gasteiger partial charge on any atom is -0.475 e. The van der Waals surface area contributed by atoms with Crippen LogP contribution in [0.15, 0.2) is 55.2 Å². The maximum Gasteiger partial charge on any atom is 0.490 e. The number of carboxylic acids is 2. The molecule has 0 aliphatic heterocycles. The zero-order valence-electron chi connectivity index (χ0n) is 21.8. The SMILES string of the molecule is CC(Nc1ncnc2[nH]cnc12)c1nc2c(C#N)cccn2c1-c1cccc(F)c1.O=C(O)C(F)(F)F.O=C(O)C(F)(F)F. The third kappa shape index (κ3) is 7.72. The number of imidazole rings is 2. The summed E-state index contributed by atoms with van der Waals surface area (Å²) in [7, 11) is 0. The van der Waals surface area contributed by atoms with Gasteiger partial charge in [-0.3, -0.25) is 4.40 Å². The minimum atomic E-state index is -5.08. The van der Waals surface area contributed by atoms with E-state index >= 15 is 0 Å². The second-order valence-corrected chi connectivity index (χ2v) is 8.38. The maximum absolute atomic E-state index is 14.0. The minimum absolute atomic E-state index is 0.315. The normalized spacial score (nSPS) is 11.9. The summed E-state index contributed by atoms with van der Waals surface area (Å²) in [5.74, 6) is -5.31. The lowest BCUT2D eigenvalue weighted by molar-refractivity contribution is -0.193. The Morgan fingerprint density at radius 3 is 2.23 bits per heavy atom. The molecule has 230 valence electrons. The highest BCUT2D eigenvalue weighted by Gasteiger charge is 2.38. The fourth-order valence-corrected chi connectivity index (χ4v) is 3.54. The lowest BCUT2D eigenvalue weighted by atomic mass is 10.1. The van der Waals surface area contributed by atoms with Gasteiger partial charge in [0.05, 0.1) is 29.3 Å². The van der Waals surface area contributed by atoms with Gasteiger partial charge in [-0.15, -0.1) is 0 Å². The first-order valence-corrected chi connectivity index (χ1v) is 11.7. The van der Waals surface area contributed by atoms with Crippen molar-refractivity contribution in [1.82, 2.24) is 29.3 Å². The van der Waals surface area contributed by atoms with Crippen LogP contribution >= 0.6 is 0 Å². The van der Waals surface area contributed by atoms with Crippen LogP contribution in [0, 0.1) is 17.1 Å². The van der Waals surface area contributed by atoms with Gasteiger partial charge in [-0.25, -0.2) is 33.9 Å². The van der Waals surface area contributed by atoms with Crippen molar-refractivity contribution >= 4 is 34.6 Å². The smallest absolute Gasteiger partial charge is 0.475 e. The number of rotatable bonds is 4. The second kappa shape index (κ2) is 13.0. The van der Waals surface area contributed by atoms with Gasteiger partial charge >= 0.3 is 24.3 Å². The first-order valence-electron chi connectivity index (χ1n) is 11.7. The number of carboxylic acid groups (broad SMARTS) is 2. The van der Waals surface area contributed by atoms with Crippen LogP contribution in [-0.4, -0.2) is 63.8 Å². The number of aliphatic carboxylic acids is 2. The van der Waals surface area contributed by atoms with Gasteiger partial charge in [-0.2, -0.15) is 31.6 Å². The van der Waals surface area contributed by atoms with Crippen LogP contribution in [0.3, 0.4) is 0 Å². The molecule has 4 N–H and O–H groups in total. The standard InChI is InChI=1S/C21H15FN8.2C2HF3O2/c1-12(28-20-17-19(25-10-24-17)26-11-27-20)16-18(13-4-2-6-15(22)8-13)30-7-3-5-14(9-23)21(30)29-16;2*3-2(4,5)1(6)7/h2-8,10-12H,1H3,(H2,24,25,26,27,28);2*(H,6,7). The van der Waals surface area contributed by atoms with E-state index in [-0.39, 0.29) is 11.9 Å². The van der Waals surface area contributed by atoms with Crippen molar-refractivity contribution in [2.45, 2.75) is 25.3 Å². The van der Waals surface area contributed by atoms with E-state index < -0.39 is 24.3 Å². The molecule has 5 rings (SSSR count). The van der Waals surface area contributed by atoms with E-state index in [4.69, 9.17) is 24.8 Å². The lowest BCUT2D eigenvalue weighted by Gasteiger charge is -2.15. The largest absolute Gasteiger partial charge is 0.490 e. The Bertz CT molecular complexity index is 1820. The molecule has 0 aliphatic rings. The number of nitriles is 1. The number of aromatic amines is 1. The molecule has 12 nitrogen and oxygen atoms in total. The summed E-state index contributed by atoms with van der Waals surface area (Å²) < 4.78 is 79.3. The number of fused-ring (bicyclic) bond motifs is 2. The van der Waals surface area contributed by atoms with E-state index in [9.17, 15) is 36.0 Å². The lowest BCUT2D eigenvalue weighted by Crippen LogP contribution is -2.21. The summed E-state index contributed by atoms with van der Waals surface area (Å²) >= 11 is 0. The molecule has 0 saturated carbocycles. The molecule has 5 aromatic rings. The summed E-state index contributed by atoms with van der Waals surface area (Å²) in [6.07, 6.45) is -5.35. The van der Waals surface area contributed by atoms with Gasteiger partial charge in [0.1, 0.15) is 23.7 Å². The Kier molecular flexibility index (Phi) is 9.68. The van der Waals surface area contributed by atoms with Gasteiger partial charge in [-0.1, -0.05) is 12.1 Å². The molecular weight excluding hydrogens is 609 g/mol. The van der Waals surface area contributed by atoms with Gasteiger partial charge in [0.15, 0.2) is 17.1 Å². The fourth-order valence-electron chi connectivity index (χ4n) is 3.54. The summed E-state index contributed by atoms with van der Waals surface area (Å²) in [4.78, 5) is 38.2. The molecule has 0 bridgehead atoms. The number of anilines is 1. The van der Waals surface area contributed by atoms with E-state index in [0.717, 1.165) is 0 Å². The number of hydrogen-bond acceptors (Lipinski definition) is 8. The molecular formula is C25H17F7N8O4. The van der Waals surface area contributed by atoms with Crippen molar-refractivity contribution in [2.75, 3.05) is 5.32 Å². The number of nitrogens with one attached hydrogen (secondary N) is 2. The Hall–Kier alpha value is -5.80. The number of benzene rings is 1. The molecule has 0 aliphatic carbocycles. The van der Waals surface area contributed by atoms with Gasteiger partial charge in [0.2, 0.25) is 0 Å². The van der Waals surface area contributed by atoms with Gasteiger partial charge in [0.25, 0.3) is 0 Å². The van der Waals surface area contributed by atoms with Gasteiger partial charge in [0, 0.05) is 11.8 Å². The predicted octanol–water partition coefficient (Wildman–Crippen LogP) is 5.12. The van der Waals surface area contributed by atoms with E-state index in [1.807, 2.05) is 23.6 Å². The molecule has 19 heteroatoms. The van der Waals surface area contributed by atoms with E-state index in [1.54, 1.807) is 24.5 Å². The Morgan fingerprint density at radius 1 is 1.02 bits per heavy atom. The fraction of sp³-hybridized carbons (Fsp3) is 0.160. The van der Waals surface area contributed by atoms with Gasteiger partial charge in [-0.05, 0) is 31.2 Å². The summed E-state index contributed by atoms with van der Waals surface area (Å²) in [5.41, 5.74) is 4.19. The predicted molar refractivity (Wildman–Crippen MR) is 136 cm³/mol. The zero-order chi connectivity index (χ0) is 32.8. The van der Waals surface area contributed by atoms with E-state index in [2.05, 4.69) is 31.3 Å². The number of aromatic nitrogens is 6. The first kappa shape index (κ1) is 32.7. The third-order valence-corrected chi connectivity index (χ3v) is 5.36. The molecule has 0 amide bonds. The number of alkyl halides is 6. The van der Waals surface area contributed by atoms with Crippen LogP contribution in [0.5, 0.6) is 0 Å². The quantitative estimate of drug-likeness (QED) is 0.196. The molecule has 4 heterocycles. The summed E-state index contributed by atoms with van der Waals surface area (Å²) in [5, 5.41) is 27.1. The van der Waals surface area contributed by atoms with Crippen molar-refractivity contribution < 1.29 is 50.5 Å². The second-order valence-electron chi connectivity index (χ2n) is 8.38. The molecule has 0 spiro atoms. The average Bonchev–Trinajstić information content (AvgIpc) is 3.58. The average molecular weight is 626 g/mol. The summed E-state index contributed by atoms with van der Waals surface area (Å²) in [6.45, 7) is 1.93. The highest BCUT2D eigenvalue weighted by atomic mass is 19.4. The molecule has 0 fully saturated rings. The zero-order valence-corrected chi connectivity index (χ0v) is 21.8. The molecule has 0 saturated heterocycles. The van der Waals surface area contributed by atoms with Crippen molar-refractivity contribution in [2.24, 2.45) is 0 Å². The number of pyridine rings is 1. The van der Waals surface area contributed by atoms with Crippen LogP contribution in [0.25, 0.3) is 28.1 Å². The van der Waals surface area contributed by atoms with Crippen molar-refractivity contribution in [3.63, 3.8) is 0 Å². The number of hydrogen-bond donors (Lipinski definition) is 4. The topological polar surface area (TPSA) is 182 Å². The summed E-state index contributed by atoms with van der Waals surface area (Å²) in [6, 6.07) is 11.6. The van der Waals surface area contributed by atoms with Crippen LogP contribution in [0.2, 0.25) is 0 Å². The Morgan fingerprint density at radius 2 is 1.66 bits per heavy atom. The van der Waals surface area contributed by atoms with Crippen molar-refractivity contribution in [1.29, 1.82) is 5.26 Å². The van der Waals surface area contributed by atoms with Crippen LogP contribution < -0.4 is 5.32 Å². The van der Waals surface area contributed by atoms with E-state index in [1.165, 1.54) is 18.5 Å². The molecule has 0 radical (unpaired) electrons. The number of halogens is 7. The number of carbonyl (C=O) groups is 2. The van der Waals surface area contributed by atoms with Gasteiger partial charge < -0.3 is 20.5 Å². The van der Waals surface area contributed by atoms with E-state index in [0.29, 0.717) is 45.1 Å². The third-order valence-electron chi connectivity index (χ3n) is 5.36. The number of nitrogens with zero attached hydrogens (tertiary/aromatic N) is 6. The van der Waals surface area contributed by atoms with Crippen LogP contribution in [-0.2, 0) is 9.59 Å². The highest BCUT2D eigenvalue weighted by Crippen LogP contribution is 2.32. The molecule has 1 unspecified atom stereocenters. The monoisotopic (exact) mass is 626 g/mol. The molecule has 1 aromatic carbocycles. The highest BCUT2D eigenvalue weighted by molar-refractivity contribution is 5.82. The Balaban J connectivity index is 0.000000317. The molecule has 4 aromatic heterocycles. The molecule has 1 atom stereocenters. The molecule has 44 heavy (non-hydrogen) atoms. The number of H-pyrrole nitrogens is 1. The maximum atomic E-state index is 14.0. The van der Waals surface area contributed by atoms with Crippen LogP contribution in [0.1, 0.15) is 24.2 Å². The Labute approximate surface area is 240 Å². The first-order chi connectivity index (χ1) is 20.5.